The van der Waals surface area contributed by atoms with Gasteiger partial charge in [0.15, 0.2) is 0 Å². The van der Waals surface area contributed by atoms with Crippen LogP contribution in [0.3, 0.4) is 0 Å². The van der Waals surface area contributed by atoms with Gasteiger partial charge in [-0.25, -0.2) is 4.79 Å². The van der Waals surface area contributed by atoms with E-state index in [0.29, 0.717) is 12.5 Å². The van der Waals surface area contributed by atoms with Crippen LogP contribution in [0.1, 0.15) is 20.3 Å². The molecule has 0 amide bonds. The van der Waals surface area contributed by atoms with Crippen LogP contribution in [0.25, 0.3) is 0 Å². The summed E-state index contributed by atoms with van der Waals surface area (Å²) in [5, 5.41) is 8.35. The molecule has 0 fully saturated rings. The molecule has 0 radical (unpaired) electrons. The van der Waals surface area contributed by atoms with Crippen LogP contribution < -0.4 is 0 Å². The van der Waals surface area contributed by atoms with Crippen molar-refractivity contribution in [3.8, 4) is 0 Å². The molecule has 76 valence electrons. The van der Waals surface area contributed by atoms with Crippen molar-refractivity contribution in [3.05, 3.63) is 12.2 Å². The van der Waals surface area contributed by atoms with E-state index in [1.807, 2.05) is 7.05 Å². The van der Waals surface area contributed by atoms with Gasteiger partial charge in [-0.3, -0.25) is 0 Å². The highest BCUT2D eigenvalue weighted by Gasteiger charge is 2.01. The van der Waals surface area contributed by atoms with Crippen LogP contribution in [0.4, 0.5) is 0 Å². The van der Waals surface area contributed by atoms with E-state index >= 15 is 0 Å². The quantitative estimate of drug-likeness (QED) is 0.639. The van der Waals surface area contributed by atoms with Crippen LogP contribution in [0.5, 0.6) is 0 Å². The third-order valence-electron chi connectivity index (χ3n) is 2.00. The molecule has 0 rings (SSSR count). The maximum Gasteiger partial charge on any atom is 0.328 e. The first kappa shape index (κ1) is 12.2. The van der Waals surface area contributed by atoms with Gasteiger partial charge in [-0.1, -0.05) is 26.3 Å². The fraction of sp³-hybridized carbons (Fsp3) is 0.700. The van der Waals surface area contributed by atoms with E-state index in [0.717, 1.165) is 13.0 Å². The predicted molar refractivity (Wildman–Crippen MR) is 53.7 cm³/mol. The van der Waals surface area contributed by atoms with E-state index in [9.17, 15) is 4.79 Å². The first-order chi connectivity index (χ1) is 6.06. The molecule has 3 heteroatoms. The van der Waals surface area contributed by atoms with E-state index in [-0.39, 0.29) is 0 Å². The predicted octanol–water partition coefficient (Wildman–Crippen LogP) is 1.61. The van der Waals surface area contributed by atoms with Crippen molar-refractivity contribution in [2.45, 2.75) is 20.3 Å². The lowest BCUT2D eigenvalue weighted by Crippen LogP contribution is -2.24. The molecular weight excluding hydrogens is 166 g/mol. The lowest BCUT2D eigenvalue weighted by atomic mass is 10.1. The Labute approximate surface area is 80.0 Å². The highest BCUT2D eigenvalue weighted by atomic mass is 16.4. The van der Waals surface area contributed by atoms with Gasteiger partial charge in [0.05, 0.1) is 0 Å². The average Bonchev–Trinajstić information content (AvgIpc) is 2.03. The Morgan fingerprint density at radius 2 is 2.23 bits per heavy atom. The number of carbonyl (C=O) groups is 1. The Morgan fingerprint density at radius 3 is 2.69 bits per heavy atom. The number of carboxylic acids is 1. The zero-order valence-corrected chi connectivity index (χ0v) is 8.66. The summed E-state index contributed by atoms with van der Waals surface area (Å²) in [7, 11) is 2.00. The SMILES string of the molecule is CCC(C)CN(C)CC=CC(=O)O. The zero-order valence-electron chi connectivity index (χ0n) is 8.66. The maximum atomic E-state index is 10.2. The van der Waals surface area contributed by atoms with E-state index in [1.165, 1.54) is 6.08 Å². The van der Waals surface area contributed by atoms with Gasteiger partial charge in [0.2, 0.25) is 0 Å². The molecular formula is C10H19NO2. The molecule has 1 unspecified atom stereocenters. The van der Waals surface area contributed by atoms with Crippen LogP contribution in [-0.4, -0.2) is 36.1 Å². The number of hydrogen-bond acceptors (Lipinski definition) is 2. The van der Waals surface area contributed by atoms with Crippen molar-refractivity contribution in [1.82, 2.24) is 4.90 Å². The molecule has 1 N–H and O–H groups in total. The normalized spacial score (nSPS) is 13.8. The number of rotatable bonds is 6. The molecule has 13 heavy (non-hydrogen) atoms. The van der Waals surface area contributed by atoms with Gasteiger partial charge in [-0.05, 0) is 13.0 Å². The van der Waals surface area contributed by atoms with Gasteiger partial charge in [0.25, 0.3) is 0 Å². The molecule has 0 heterocycles. The topological polar surface area (TPSA) is 40.5 Å². The zero-order chi connectivity index (χ0) is 10.3. The summed E-state index contributed by atoms with van der Waals surface area (Å²) in [4.78, 5) is 12.3. The van der Waals surface area contributed by atoms with Gasteiger partial charge in [0.1, 0.15) is 0 Å². The second kappa shape index (κ2) is 6.66. The Morgan fingerprint density at radius 1 is 1.62 bits per heavy atom. The summed E-state index contributed by atoms with van der Waals surface area (Å²) in [5.41, 5.74) is 0. The van der Waals surface area contributed by atoms with Crippen molar-refractivity contribution >= 4 is 5.97 Å². The Hall–Kier alpha value is -0.830. The van der Waals surface area contributed by atoms with E-state index in [1.54, 1.807) is 6.08 Å². The summed E-state index contributed by atoms with van der Waals surface area (Å²) < 4.78 is 0. The first-order valence-electron chi connectivity index (χ1n) is 4.64. The summed E-state index contributed by atoms with van der Waals surface area (Å²) in [5.74, 6) is -0.208. The van der Waals surface area contributed by atoms with Crippen LogP contribution in [0, 0.1) is 5.92 Å². The van der Waals surface area contributed by atoms with Gasteiger partial charge in [0, 0.05) is 19.2 Å². The summed E-state index contributed by atoms with van der Waals surface area (Å²) >= 11 is 0. The number of hydrogen-bond donors (Lipinski definition) is 1. The average molecular weight is 185 g/mol. The van der Waals surface area contributed by atoms with Crippen molar-refractivity contribution in [2.24, 2.45) is 5.92 Å². The van der Waals surface area contributed by atoms with Crippen LogP contribution >= 0.6 is 0 Å². The molecule has 0 aromatic heterocycles. The molecule has 0 aliphatic rings. The van der Waals surface area contributed by atoms with Gasteiger partial charge in [-0.2, -0.15) is 0 Å². The van der Waals surface area contributed by atoms with Gasteiger partial charge < -0.3 is 10.0 Å². The van der Waals surface area contributed by atoms with Gasteiger partial charge in [-0.15, -0.1) is 0 Å². The Bertz CT molecular complexity index is 178. The minimum absolute atomic E-state index is 0.670. The van der Waals surface area contributed by atoms with Gasteiger partial charge >= 0.3 is 5.97 Å². The maximum absolute atomic E-state index is 10.2. The van der Waals surface area contributed by atoms with Crippen molar-refractivity contribution in [2.75, 3.05) is 20.1 Å². The highest BCUT2D eigenvalue weighted by molar-refractivity contribution is 5.79. The van der Waals surface area contributed by atoms with Crippen molar-refractivity contribution in [3.63, 3.8) is 0 Å². The minimum Gasteiger partial charge on any atom is -0.478 e. The molecule has 0 aliphatic carbocycles. The lowest BCUT2D eigenvalue weighted by Gasteiger charge is -2.18. The first-order valence-corrected chi connectivity index (χ1v) is 4.64. The monoisotopic (exact) mass is 185 g/mol. The number of nitrogens with zero attached hydrogens (tertiary/aromatic N) is 1. The highest BCUT2D eigenvalue weighted by Crippen LogP contribution is 2.01. The van der Waals surface area contributed by atoms with Crippen LogP contribution in [0.2, 0.25) is 0 Å². The summed E-state index contributed by atoms with van der Waals surface area (Å²) in [6.07, 6.45) is 4.02. The summed E-state index contributed by atoms with van der Waals surface area (Å²) in [6, 6.07) is 0. The standard InChI is InChI=1S/C10H19NO2/c1-4-9(2)8-11(3)7-5-6-10(12)13/h5-6,9H,4,7-8H2,1-3H3,(H,12,13). The molecule has 0 spiro atoms. The number of carboxylic acid groups (broad SMARTS) is 1. The third kappa shape index (κ3) is 7.53. The van der Waals surface area contributed by atoms with E-state index < -0.39 is 5.97 Å². The molecule has 3 nitrogen and oxygen atoms in total. The fourth-order valence-corrected chi connectivity index (χ4v) is 1.07. The second-order valence-corrected chi connectivity index (χ2v) is 3.48. The third-order valence-corrected chi connectivity index (χ3v) is 2.00. The Balaban J connectivity index is 3.62. The molecule has 0 aromatic carbocycles. The largest absolute Gasteiger partial charge is 0.478 e. The van der Waals surface area contributed by atoms with Crippen molar-refractivity contribution in [1.29, 1.82) is 0 Å². The van der Waals surface area contributed by atoms with E-state index in [4.69, 9.17) is 5.11 Å². The number of likely N-dealkylation sites (N-methyl/N-ethyl adjacent to an activating group) is 1. The minimum atomic E-state index is -0.878. The fourth-order valence-electron chi connectivity index (χ4n) is 1.07. The molecule has 0 aromatic rings. The lowest BCUT2D eigenvalue weighted by molar-refractivity contribution is -0.131. The number of aliphatic carboxylic acids is 1. The Kier molecular flexibility index (Phi) is 6.24. The smallest absolute Gasteiger partial charge is 0.328 e. The molecule has 1 atom stereocenters. The molecule has 0 bridgehead atoms. The molecule has 0 saturated carbocycles. The second-order valence-electron chi connectivity index (χ2n) is 3.48. The molecule has 0 saturated heterocycles. The van der Waals surface area contributed by atoms with Crippen molar-refractivity contribution < 1.29 is 9.90 Å². The molecule has 0 aliphatic heterocycles. The van der Waals surface area contributed by atoms with Crippen LogP contribution in [-0.2, 0) is 4.79 Å². The summed E-state index contributed by atoms with van der Waals surface area (Å²) in [6.45, 7) is 6.07. The van der Waals surface area contributed by atoms with E-state index in [2.05, 4.69) is 18.7 Å². The van der Waals surface area contributed by atoms with Crippen LogP contribution in [0.15, 0.2) is 12.2 Å².